The topological polar surface area (TPSA) is 143 Å². The van der Waals surface area contributed by atoms with Crippen LogP contribution in [0.1, 0.15) is 19.5 Å². The van der Waals surface area contributed by atoms with Crippen LogP contribution in [-0.4, -0.2) is 65.8 Å². The third-order valence-electron chi connectivity index (χ3n) is 6.75. The molecule has 14 heteroatoms. The van der Waals surface area contributed by atoms with Gasteiger partial charge in [-0.1, -0.05) is 25.1 Å². The second-order valence-electron chi connectivity index (χ2n) is 9.16. The van der Waals surface area contributed by atoms with Crippen molar-refractivity contribution in [2.24, 2.45) is 11.8 Å². The van der Waals surface area contributed by atoms with Gasteiger partial charge in [-0.05, 0) is 19.1 Å². The molecule has 0 spiro atoms. The van der Waals surface area contributed by atoms with Gasteiger partial charge in [-0.3, -0.25) is 4.79 Å². The van der Waals surface area contributed by atoms with Crippen molar-refractivity contribution in [1.82, 2.24) is 14.6 Å². The van der Waals surface area contributed by atoms with E-state index < -0.39 is 28.0 Å². The third-order valence-corrected chi connectivity index (χ3v) is 10.6. The van der Waals surface area contributed by atoms with Crippen molar-refractivity contribution in [2.45, 2.75) is 42.7 Å². The van der Waals surface area contributed by atoms with Gasteiger partial charge >= 0.3 is 29.6 Å². The average Bonchev–Trinajstić information content (AvgIpc) is 3.36. The van der Waals surface area contributed by atoms with Gasteiger partial charge in [0.05, 0.1) is 46.9 Å². The van der Waals surface area contributed by atoms with E-state index in [-0.39, 0.29) is 69.8 Å². The van der Waals surface area contributed by atoms with E-state index in [4.69, 9.17) is 0 Å². The van der Waals surface area contributed by atoms with E-state index in [1.165, 1.54) is 40.1 Å². The number of aliphatic carboxylic acids is 1. The zero-order valence-electron chi connectivity index (χ0n) is 20.5. The molecular weight excluding hydrogens is 547 g/mol. The molecule has 3 aliphatic heterocycles. The van der Waals surface area contributed by atoms with Crippen LogP contribution in [0, 0.1) is 11.8 Å². The summed E-state index contributed by atoms with van der Waals surface area (Å²) >= 11 is 2.86. The molecule has 1 aromatic carbocycles. The Hall–Kier alpha value is -1.45. The van der Waals surface area contributed by atoms with Crippen molar-refractivity contribution in [1.29, 1.82) is 0 Å². The molecule has 1 aromatic heterocycles. The standard InChI is InChI=1S/C23H26N4O6S3.Na/c1-12-18-17(13(2)28)21(29)27(18)19(22(30)31)20(12)35-15-9-26(10-15)23-25-14(11-34-23)8-24-36(32,33)16-6-4-3-5-7-16;/h3-7,11-13,15,17-18,24,28H,8-10H2,1-2H3,(H,30,31);/q;+1/p-1/t12-,13-,17-,18-;/m1./s1. The Balaban J connectivity index is 0.00000320. The maximum Gasteiger partial charge on any atom is 1.00 e. The number of carbonyl (C=O) groups is 2. The van der Waals surface area contributed by atoms with Gasteiger partial charge in [-0.25, -0.2) is 18.1 Å². The number of β-lactam (4-membered cyclic amide) rings is 1. The fourth-order valence-electron chi connectivity index (χ4n) is 4.89. The van der Waals surface area contributed by atoms with Crippen LogP contribution in [-0.2, 0) is 26.2 Å². The van der Waals surface area contributed by atoms with E-state index in [2.05, 4.69) is 14.6 Å². The first-order chi connectivity index (χ1) is 17.1. The zero-order chi connectivity index (χ0) is 25.8. The zero-order valence-corrected chi connectivity index (χ0v) is 25.0. The van der Waals surface area contributed by atoms with Crippen LogP contribution in [0.4, 0.5) is 5.13 Å². The van der Waals surface area contributed by atoms with Crippen LogP contribution in [0.3, 0.4) is 0 Å². The number of nitrogens with zero attached hydrogens (tertiary/aromatic N) is 3. The van der Waals surface area contributed by atoms with E-state index in [1.54, 1.807) is 25.1 Å². The Morgan fingerprint density at radius 2 is 2.00 bits per heavy atom. The molecule has 0 radical (unpaired) electrons. The molecule has 1 amide bonds. The minimum absolute atomic E-state index is 0. The number of carboxylic acid groups (broad SMARTS) is 1. The molecule has 2 N–H and O–H groups in total. The number of rotatable bonds is 9. The first-order valence-electron chi connectivity index (χ1n) is 11.5. The van der Waals surface area contributed by atoms with Crippen LogP contribution in [0.25, 0.3) is 0 Å². The van der Waals surface area contributed by atoms with Gasteiger partial charge < -0.3 is 24.8 Å². The summed E-state index contributed by atoms with van der Waals surface area (Å²) in [6.07, 6.45) is -0.844. The number of aliphatic hydroxyl groups excluding tert-OH is 1. The molecule has 37 heavy (non-hydrogen) atoms. The number of benzene rings is 1. The molecule has 2 saturated heterocycles. The maximum absolute atomic E-state index is 12.5. The molecule has 0 unspecified atom stereocenters. The fourth-order valence-corrected chi connectivity index (χ4v) is 8.27. The molecule has 2 aromatic rings. The molecule has 2 fully saturated rings. The van der Waals surface area contributed by atoms with Crippen LogP contribution < -0.4 is 44.3 Å². The van der Waals surface area contributed by atoms with E-state index in [0.29, 0.717) is 23.7 Å². The van der Waals surface area contributed by atoms with Gasteiger partial charge in [-0.2, -0.15) is 0 Å². The number of thiazole rings is 1. The number of hydrogen-bond donors (Lipinski definition) is 2. The van der Waals surface area contributed by atoms with Crippen LogP contribution in [0.2, 0.25) is 0 Å². The summed E-state index contributed by atoms with van der Waals surface area (Å²) in [4.78, 5) is 33.0. The predicted octanol–water partition coefficient (Wildman–Crippen LogP) is -2.63. The number of nitrogens with one attached hydrogen (secondary N) is 1. The van der Waals surface area contributed by atoms with E-state index in [0.717, 1.165) is 5.13 Å². The van der Waals surface area contributed by atoms with E-state index in [1.807, 2.05) is 12.3 Å². The number of anilines is 1. The molecule has 0 saturated carbocycles. The van der Waals surface area contributed by atoms with Crippen LogP contribution in [0.15, 0.2) is 51.2 Å². The number of amides is 1. The summed E-state index contributed by atoms with van der Waals surface area (Å²) in [6, 6.07) is 7.78. The quantitative estimate of drug-likeness (QED) is 0.244. The molecule has 0 bridgehead atoms. The first-order valence-corrected chi connectivity index (χ1v) is 14.7. The van der Waals surface area contributed by atoms with Gasteiger partial charge in [0, 0.05) is 34.5 Å². The smallest absolute Gasteiger partial charge is 0.543 e. The van der Waals surface area contributed by atoms with Gasteiger partial charge in [0.25, 0.3) is 0 Å². The van der Waals surface area contributed by atoms with Gasteiger partial charge in [0.15, 0.2) is 5.13 Å². The van der Waals surface area contributed by atoms with Crippen LogP contribution in [0.5, 0.6) is 0 Å². The Bertz CT molecular complexity index is 1330. The predicted molar refractivity (Wildman–Crippen MR) is 133 cm³/mol. The maximum atomic E-state index is 12.5. The normalized spacial score (nSPS) is 24.3. The Kier molecular flexibility index (Phi) is 8.46. The van der Waals surface area contributed by atoms with E-state index >= 15 is 0 Å². The Morgan fingerprint density at radius 1 is 1.32 bits per heavy atom. The molecule has 4 heterocycles. The number of fused-ring (bicyclic) bond motifs is 1. The van der Waals surface area contributed by atoms with Crippen LogP contribution >= 0.6 is 23.1 Å². The average molecular weight is 573 g/mol. The molecule has 3 aliphatic rings. The molecule has 10 nitrogen and oxygen atoms in total. The van der Waals surface area contributed by atoms with Crippen molar-refractivity contribution < 1.29 is 57.8 Å². The first kappa shape index (κ1) is 28.6. The fraction of sp³-hybridized carbons (Fsp3) is 0.435. The van der Waals surface area contributed by atoms with Crippen molar-refractivity contribution >= 4 is 50.1 Å². The van der Waals surface area contributed by atoms with Crippen molar-refractivity contribution in [2.75, 3.05) is 18.0 Å². The number of carbonyl (C=O) groups excluding carboxylic acids is 2. The Morgan fingerprint density at radius 3 is 2.62 bits per heavy atom. The number of aliphatic hydroxyl groups is 1. The summed E-state index contributed by atoms with van der Waals surface area (Å²) < 4.78 is 27.4. The molecule has 5 rings (SSSR count). The number of sulfonamides is 1. The van der Waals surface area contributed by atoms with Crippen molar-refractivity contribution in [3.05, 3.63) is 52.0 Å². The number of carboxylic acids is 1. The second kappa shape index (κ2) is 11.0. The summed E-state index contributed by atoms with van der Waals surface area (Å²) in [6.45, 7) is 4.80. The monoisotopic (exact) mass is 572 g/mol. The second-order valence-corrected chi connectivity index (χ2v) is 13.1. The van der Waals surface area contributed by atoms with Gasteiger partial charge in [-0.15, -0.1) is 23.1 Å². The number of aromatic nitrogens is 1. The van der Waals surface area contributed by atoms with Gasteiger partial charge in [0.2, 0.25) is 15.9 Å². The molecule has 0 aliphatic carbocycles. The summed E-state index contributed by atoms with van der Waals surface area (Å²) in [5.41, 5.74) is 0.545. The van der Waals surface area contributed by atoms with Gasteiger partial charge in [0.1, 0.15) is 0 Å². The largest absolute Gasteiger partial charge is 1.00 e. The van der Waals surface area contributed by atoms with Crippen molar-refractivity contribution in [3.8, 4) is 0 Å². The van der Waals surface area contributed by atoms with E-state index in [9.17, 15) is 28.2 Å². The SMILES string of the molecule is C[C@@H](O)[C@H]1C(=O)N2C(C(=O)[O-])=C(SC3CN(c4nc(CNS(=O)(=O)c5ccccc5)cs4)C3)[C@H](C)[C@H]12.[Na+]. The molecule has 4 atom stereocenters. The Labute approximate surface area is 245 Å². The summed E-state index contributed by atoms with van der Waals surface area (Å²) in [7, 11) is -3.62. The minimum atomic E-state index is -3.62. The summed E-state index contributed by atoms with van der Waals surface area (Å²) in [5.74, 6) is -2.54. The number of hydrogen-bond acceptors (Lipinski definition) is 10. The molecule has 192 valence electrons. The van der Waals surface area contributed by atoms with Crippen molar-refractivity contribution in [3.63, 3.8) is 0 Å². The third kappa shape index (κ3) is 5.24. The summed E-state index contributed by atoms with van der Waals surface area (Å²) in [5, 5.41) is 24.5. The molecular formula is C23H25N4NaO6S3. The minimum Gasteiger partial charge on any atom is -0.543 e. The number of thioether (sulfide) groups is 1.